The maximum Gasteiger partial charge on any atom is 0.252 e. The number of ether oxygens (including phenoxy) is 1. The molecule has 0 fully saturated rings. The van der Waals surface area contributed by atoms with Crippen LogP contribution in [0.25, 0.3) is 0 Å². The summed E-state index contributed by atoms with van der Waals surface area (Å²) in [6, 6.07) is 7.41. The van der Waals surface area contributed by atoms with Crippen LogP contribution >= 0.6 is 0 Å². The van der Waals surface area contributed by atoms with E-state index < -0.39 is 35.4 Å². The molecule has 0 bridgehead atoms. The highest BCUT2D eigenvalue weighted by molar-refractivity contribution is 5.94. The second-order valence-corrected chi connectivity index (χ2v) is 10.9. The van der Waals surface area contributed by atoms with Crippen molar-refractivity contribution in [2.24, 2.45) is 5.41 Å². The van der Waals surface area contributed by atoms with Crippen LogP contribution in [-0.4, -0.2) is 78.3 Å². The molecule has 1 aliphatic rings. The predicted octanol–water partition coefficient (Wildman–Crippen LogP) is 2.16. The highest BCUT2D eigenvalue weighted by Crippen LogP contribution is 2.20. The average Bonchev–Trinajstić information content (AvgIpc) is 2.91. The van der Waals surface area contributed by atoms with Crippen LogP contribution in [0.5, 0.6) is 0 Å². The van der Waals surface area contributed by atoms with E-state index in [2.05, 4.69) is 22.9 Å². The van der Waals surface area contributed by atoms with Gasteiger partial charge in [0, 0.05) is 18.9 Å². The number of amides is 4. The van der Waals surface area contributed by atoms with E-state index in [-0.39, 0.29) is 25.0 Å². The third-order valence-electron chi connectivity index (χ3n) is 6.64. The number of benzene rings is 1. The van der Waals surface area contributed by atoms with E-state index in [1.165, 1.54) is 4.90 Å². The molecular formula is C29H45N5O5. The van der Waals surface area contributed by atoms with Gasteiger partial charge in [0.2, 0.25) is 17.7 Å². The highest BCUT2D eigenvalue weighted by atomic mass is 16.5. The van der Waals surface area contributed by atoms with Crippen LogP contribution in [0.3, 0.4) is 0 Å². The van der Waals surface area contributed by atoms with Crippen LogP contribution in [0.4, 0.5) is 0 Å². The second-order valence-electron chi connectivity index (χ2n) is 10.9. The summed E-state index contributed by atoms with van der Waals surface area (Å²) in [6.45, 7) is 9.86. The zero-order valence-electron chi connectivity index (χ0n) is 24.2. The van der Waals surface area contributed by atoms with Crippen molar-refractivity contribution in [2.75, 3.05) is 26.7 Å². The van der Waals surface area contributed by atoms with E-state index in [0.717, 1.165) is 24.8 Å². The summed E-state index contributed by atoms with van der Waals surface area (Å²) < 4.78 is 5.85. The first-order valence-corrected chi connectivity index (χ1v) is 13.7. The third-order valence-corrected chi connectivity index (χ3v) is 6.64. The lowest BCUT2D eigenvalue weighted by Crippen LogP contribution is -2.58. The monoisotopic (exact) mass is 543 g/mol. The molecule has 0 aliphatic carbocycles. The van der Waals surface area contributed by atoms with E-state index in [9.17, 15) is 19.2 Å². The van der Waals surface area contributed by atoms with Gasteiger partial charge in [0.15, 0.2) is 0 Å². The molecule has 39 heavy (non-hydrogen) atoms. The molecule has 3 N–H and O–H groups in total. The molecule has 0 unspecified atom stereocenters. The van der Waals surface area contributed by atoms with E-state index in [1.807, 2.05) is 51.1 Å². The summed E-state index contributed by atoms with van der Waals surface area (Å²) in [5.74, 6) is -1.46. The number of hydrogen-bond donors (Lipinski definition) is 3. The Kier molecular flexibility index (Phi) is 12.6. The topological polar surface area (TPSA) is 120 Å². The van der Waals surface area contributed by atoms with Crippen molar-refractivity contribution in [1.82, 2.24) is 25.8 Å². The van der Waals surface area contributed by atoms with Crippen LogP contribution < -0.4 is 16.0 Å². The number of rotatable bonds is 14. The fraction of sp³-hybridized carbons (Fsp3) is 0.586. The van der Waals surface area contributed by atoms with E-state index in [0.29, 0.717) is 13.2 Å². The standard InChI is InChI=1S/C29H45N5O5/c1-7-8-12-15-33-16-17-34(23(28(33)38)20-39-19-22-13-10-9-11-14-22)24(35)18-31-27(37)25(29(3,4)5)32-26(36)21(2)30-6/h9-11,13-14,16-17,21,23,25,30H,7-8,12,15,18-20H2,1-6H3,(H,31,37)(H,32,36)/t21-,23-,25+/m0/s1. The molecule has 10 nitrogen and oxygen atoms in total. The van der Waals surface area contributed by atoms with Gasteiger partial charge in [0.1, 0.15) is 12.1 Å². The van der Waals surface area contributed by atoms with Gasteiger partial charge in [0.25, 0.3) is 5.91 Å². The minimum atomic E-state index is -0.855. The minimum absolute atomic E-state index is 0.0185. The Labute approximate surface area is 232 Å². The highest BCUT2D eigenvalue weighted by Gasteiger charge is 2.37. The van der Waals surface area contributed by atoms with Gasteiger partial charge in [0.05, 0.1) is 25.8 Å². The van der Waals surface area contributed by atoms with Gasteiger partial charge in [-0.1, -0.05) is 70.9 Å². The first kappa shape index (κ1) is 32.0. The maximum atomic E-state index is 13.3. The molecule has 216 valence electrons. The van der Waals surface area contributed by atoms with Gasteiger partial charge in [-0.25, -0.2) is 0 Å². The number of nitrogens with one attached hydrogen (secondary N) is 3. The molecule has 3 atom stereocenters. The summed E-state index contributed by atoms with van der Waals surface area (Å²) in [5, 5.41) is 8.27. The van der Waals surface area contributed by atoms with Crippen molar-refractivity contribution >= 4 is 23.6 Å². The molecule has 10 heteroatoms. The van der Waals surface area contributed by atoms with E-state index in [1.54, 1.807) is 31.3 Å². The van der Waals surface area contributed by atoms with Crippen LogP contribution in [0.2, 0.25) is 0 Å². The quantitative estimate of drug-likeness (QED) is 0.310. The molecule has 1 aromatic rings. The molecule has 1 heterocycles. The second kappa shape index (κ2) is 15.4. The normalized spacial score (nSPS) is 17.1. The largest absolute Gasteiger partial charge is 0.374 e. The lowest BCUT2D eigenvalue weighted by molar-refractivity contribution is -0.146. The number of nitrogens with zero attached hydrogens (tertiary/aromatic N) is 2. The number of likely N-dealkylation sites (N-methyl/N-ethyl adjacent to an activating group) is 1. The molecule has 0 spiro atoms. The van der Waals surface area contributed by atoms with Gasteiger partial charge in [-0.3, -0.25) is 19.2 Å². The van der Waals surface area contributed by atoms with Crippen LogP contribution in [-0.2, 0) is 30.5 Å². The first-order chi connectivity index (χ1) is 18.5. The number of carbonyl (C=O) groups is 4. The summed E-state index contributed by atoms with van der Waals surface area (Å²) in [4.78, 5) is 55.0. The van der Waals surface area contributed by atoms with Crippen molar-refractivity contribution in [3.8, 4) is 0 Å². The predicted molar refractivity (Wildman–Crippen MR) is 150 cm³/mol. The molecule has 0 saturated heterocycles. The Morgan fingerprint density at radius 1 is 1.05 bits per heavy atom. The maximum absolute atomic E-state index is 13.3. The van der Waals surface area contributed by atoms with Crippen LogP contribution in [0.15, 0.2) is 42.7 Å². The minimum Gasteiger partial charge on any atom is -0.374 e. The van der Waals surface area contributed by atoms with Crippen molar-refractivity contribution in [3.63, 3.8) is 0 Å². The summed E-state index contributed by atoms with van der Waals surface area (Å²) in [6.07, 6.45) is 6.09. The third kappa shape index (κ3) is 9.78. The van der Waals surface area contributed by atoms with Gasteiger partial charge in [-0.05, 0) is 31.4 Å². The smallest absolute Gasteiger partial charge is 0.252 e. The molecule has 0 aromatic heterocycles. The molecule has 2 rings (SSSR count). The Balaban J connectivity index is 2.10. The Bertz CT molecular complexity index is 992. The van der Waals surface area contributed by atoms with Gasteiger partial charge < -0.3 is 30.5 Å². The number of hydrogen-bond acceptors (Lipinski definition) is 6. The van der Waals surface area contributed by atoms with Crippen molar-refractivity contribution < 1.29 is 23.9 Å². The number of unbranched alkanes of at least 4 members (excludes halogenated alkanes) is 2. The van der Waals surface area contributed by atoms with Crippen molar-refractivity contribution in [1.29, 1.82) is 0 Å². The van der Waals surface area contributed by atoms with Crippen LogP contribution in [0.1, 0.15) is 59.4 Å². The number of carbonyl (C=O) groups excluding carboxylic acids is 4. The Hall–Kier alpha value is -3.24. The molecule has 1 aliphatic heterocycles. The average molecular weight is 544 g/mol. The van der Waals surface area contributed by atoms with Crippen molar-refractivity contribution in [2.45, 2.75) is 78.6 Å². The summed E-state index contributed by atoms with van der Waals surface area (Å²) in [7, 11) is 1.66. The fourth-order valence-corrected chi connectivity index (χ4v) is 4.06. The zero-order chi connectivity index (χ0) is 29.0. The van der Waals surface area contributed by atoms with Gasteiger partial charge in [-0.2, -0.15) is 0 Å². The van der Waals surface area contributed by atoms with Crippen LogP contribution in [0, 0.1) is 5.41 Å². The van der Waals surface area contributed by atoms with Gasteiger partial charge >= 0.3 is 0 Å². The Morgan fingerprint density at radius 2 is 1.74 bits per heavy atom. The Morgan fingerprint density at radius 3 is 2.36 bits per heavy atom. The van der Waals surface area contributed by atoms with E-state index in [4.69, 9.17) is 4.74 Å². The molecular weight excluding hydrogens is 498 g/mol. The lowest BCUT2D eigenvalue weighted by atomic mass is 9.86. The molecule has 4 amide bonds. The van der Waals surface area contributed by atoms with Crippen molar-refractivity contribution in [3.05, 3.63) is 48.3 Å². The summed E-state index contributed by atoms with van der Waals surface area (Å²) in [5.41, 5.74) is 0.369. The summed E-state index contributed by atoms with van der Waals surface area (Å²) >= 11 is 0. The zero-order valence-corrected chi connectivity index (χ0v) is 24.2. The SMILES string of the molecule is CCCCCN1C=CN(C(=O)CNC(=O)[C@@H](NC(=O)[C@H](C)NC)C(C)(C)C)[C@@H](COCc2ccccc2)C1=O. The molecule has 0 saturated carbocycles. The van der Waals surface area contributed by atoms with E-state index >= 15 is 0 Å². The lowest BCUT2D eigenvalue weighted by Gasteiger charge is -2.36. The molecule has 0 radical (unpaired) electrons. The molecule has 1 aromatic carbocycles. The first-order valence-electron chi connectivity index (χ1n) is 13.7. The van der Waals surface area contributed by atoms with Gasteiger partial charge in [-0.15, -0.1) is 0 Å². The fourth-order valence-electron chi connectivity index (χ4n) is 4.06.